The molecule has 1 fully saturated rings. The third kappa shape index (κ3) is 2.51. The van der Waals surface area contributed by atoms with Gasteiger partial charge in [0.1, 0.15) is 6.04 Å². The quantitative estimate of drug-likeness (QED) is 0.388. The van der Waals surface area contributed by atoms with Crippen molar-refractivity contribution in [2.45, 2.75) is 13.0 Å². The van der Waals surface area contributed by atoms with Crippen molar-refractivity contribution in [1.29, 1.82) is 0 Å². The van der Waals surface area contributed by atoms with Crippen molar-refractivity contribution in [2.75, 3.05) is 13.2 Å². The first-order valence-electron chi connectivity index (χ1n) is 3.77. The summed E-state index contributed by atoms with van der Waals surface area (Å²) in [5.74, 6) is -0.0165. The zero-order chi connectivity index (χ0) is 8.97. The van der Waals surface area contributed by atoms with Crippen LogP contribution in [-0.4, -0.2) is 29.4 Å². The van der Waals surface area contributed by atoms with Gasteiger partial charge in [0, 0.05) is 6.54 Å². The third-order valence-corrected chi connectivity index (χ3v) is 2.32. The third-order valence-electron chi connectivity index (χ3n) is 1.38. The Labute approximate surface area is 76.3 Å². The van der Waals surface area contributed by atoms with Crippen molar-refractivity contribution in [2.24, 2.45) is 0 Å². The summed E-state index contributed by atoms with van der Waals surface area (Å²) in [6.45, 7) is 6.73. The van der Waals surface area contributed by atoms with Crippen molar-refractivity contribution in [1.82, 2.24) is 9.62 Å². The zero-order valence-electron chi connectivity index (χ0n) is 6.95. The van der Waals surface area contributed by atoms with E-state index in [-0.39, 0.29) is 11.9 Å². The largest absolute Gasteiger partial charge is 0.332 e. The van der Waals surface area contributed by atoms with Crippen molar-refractivity contribution in [3.63, 3.8) is 0 Å². The molecule has 1 rings (SSSR count). The molecule has 2 unspecified atom stereocenters. The fourth-order valence-corrected chi connectivity index (χ4v) is 1.38. The summed E-state index contributed by atoms with van der Waals surface area (Å²) in [7, 11) is 0. The van der Waals surface area contributed by atoms with Crippen LogP contribution in [-0.2, 0) is 8.98 Å². The Hall–Kier alpha value is -0.520. The van der Waals surface area contributed by atoms with Gasteiger partial charge < -0.3 is 9.50 Å². The van der Waals surface area contributed by atoms with Crippen LogP contribution >= 0.6 is 12.2 Å². The van der Waals surface area contributed by atoms with Crippen LogP contribution < -0.4 is 5.32 Å². The molecule has 0 saturated carbocycles. The predicted octanol–water partition coefficient (Wildman–Crippen LogP) is 0.530. The van der Waals surface area contributed by atoms with Gasteiger partial charge in [0.2, 0.25) is 5.91 Å². The molecule has 5 heteroatoms. The van der Waals surface area contributed by atoms with E-state index in [1.54, 1.807) is 0 Å². The lowest BCUT2D eigenvalue weighted by molar-refractivity contribution is -0.120. The Morgan fingerprint density at radius 1 is 2.00 bits per heavy atom. The molecule has 1 heterocycles. The van der Waals surface area contributed by atoms with Gasteiger partial charge in [0.15, 0.2) is 0 Å². The minimum atomic E-state index is -0.0421. The fourth-order valence-electron chi connectivity index (χ4n) is 0.737. The number of amides is 1. The number of hydrogen-bond donors (Lipinski definition) is 1. The van der Waals surface area contributed by atoms with Gasteiger partial charge in [-0.25, -0.2) is 4.31 Å². The van der Waals surface area contributed by atoms with Crippen LogP contribution in [0.4, 0.5) is 0 Å². The molecule has 0 aromatic heterocycles. The number of carbonyl (C=O) groups is 1. The summed E-state index contributed by atoms with van der Waals surface area (Å²) in [6, 6.07) is -0.0421. The van der Waals surface area contributed by atoms with Gasteiger partial charge in [-0.2, -0.15) is 0 Å². The van der Waals surface area contributed by atoms with Gasteiger partial charge in [0.05, 0.1) is 18.8 Å². The highest BCUT2D eigenvalue weighted by atomic mass is 32.2. The first kappa shape index (κ1) is 9.57. The maximum Gasteiger partial charge on any atom is 0.243 e. The van der Waals surface area contributed by atoms with E-state index in [1.807, 2.05) is 11.2 Å². The predicted molar refractivity (Wildman–Crippen MR) is 48.1 cm³/mol. The van der Waals surface area contributed by atoms with Crippen LogP contribution in [0.3, 0.4) is 0 Å². The van der Waals surface area contributed by atoms with Gasteiger partial charge in [-0.05, 0) is 13.1 Å². The number of nitrogens with one attached hydrogen (secondary N) is 1. The second-order valence-corrected chi connectivity index (χ2v) is 3.16. The number of hydrogen-bond acceptors (Lipinski definition) is 4. The van der Waals surface area contributed by atoms with Gasteiger partial charge in [0.25, 0.3) is 0 Å². The Morgan fingerprint density at radius 3 is 3.33 bits per heavy atom. The van der Waals surface area contributed by atoms with E-state index < -0.39 is 0 Å². The zero-order valence-corrected chi connectivity index (χ0v) is 7.76. The average molecular weight is 188 g/mol. The topological polar surface area (TPSA) is 41.3 Å². The highest BCUT2D eigenvalue weighted by Crippen LogP contribution is 2.28. The second-order valence-electron chi connectivity index (χ2n) is 2.31. The van der Waals surface area contributed by atoms with Crippen molar-refractivity contribution >= 4 is 18.1 Å². The Balaban J connectivity index is 2.14. The molecule has 12 heavy (non-hydrogen) atoms. The molecule has 0 bridgehead atoms. The Kier molecular flexibility index (Phi) is 3.58. The lowest BCUT2D eigenvalue weighted by atomic mass is 10.4. The Bertz CT molecular complexity index is 186. The first-order valence-corrected chi connectivity index (χ1v) is 4.47. The van der Waals surface area contributed by atoms with Crippen molar-refractivity contribution in [3.8, 4) is 0 Å². The SMILES string of the molecule is C=CNC(=O)C1CN1SOCC. The van der Waals surface area contributed by atoms with Crippen molar-refractivity contribution in [3.05, 3.63) is 12.8 Å². The number of carbonyl (C=O) groups excluding carboxylic acids is 1. The van der Waals surface area contributed by atoms with Crippen LogP contribution in [0.5, 0.6) is 0 Å². The molecular weight excluding hydrogens is 176 g/mol. The molecule has 0 radical (unpaired) electrons. The summed E-state index contributed by atoms with van der Waals surface area (Å²) in [5.41, 5.74) is 0. The lowest BCUT2D eigenvalue weighted by Gasteiger charge is -1.99. The van der Waals surface area contributed by atoms with Crippen molar-refractivity contribution < 1.29 is 8.98 Å². The minimum absolute atomic E-state index is 0.0165. The summed E-state index contributed by atoms with van der Waals surface area (Å²) in [4.78, 5) is 11.1. The highest BCUT2D eigenvalue weighted by molar-refractivity contribution is 7.92. The summed E-state index contributed by atoms with van der Waals surface area (Å²) < 4.78 is 6.92. The normalized spacial score (nSPS) is 26.4. The molecule has 2 atom stereocenters. The van der Waals surface area contributed by atoms with E-state index in [0.717, 1.165) is 6.54 Å². The standard InChI is InChI=1S/C7H12N2O2S/c1-3-8-7(10)6-5-9(6)12-11-4-2/h3,6H,1,4-5H2,2H3,(H,8,10). The smallest absolute Gasteiger partial charge is 0.243 e. The molecule has 0 aromatic rings. The van der Waals surface area contributed by atoms with Gasteiger partial charge >= 0.3 is 0 Å². The highest BCUT2D eigenvalue weighted by Gasteiger charge is 2.41. The molecule has 0 aliphatic carbocycles. The monoisotopic (exact) mass is 188 g/mol. The van der Waals surface area contributed by atoms with E-state index in [0.29, 0.717) is 6.61 Å². The van der Waals surface area contributed by atoms with Crippen LogP contribution in [0.1, 0.15) is 6.92 Å². The fraction of sp³-hybridized carbons (Fsp3) is 0.571. The number of nitrogens with zero attached hydrogens (tertiary/aromatic N) is 1. The summed E-state index contributed by atoms with van der Waals surface area (Å²) >= 11 is 1.24. The van der Waals surface area contributed by atoms with E-state index in [1.165, 1.54) is 18.4 Å². The van der Waals surface area contributed by atoms with E-state index in [4.69, 9.17) is 4.18 Å². The minimum Gasteiger partial charge on any atom is -0.332 e. The van der Waals surface area contributed by atoms with E-state index in [2.05, 4.69) is 11.9 Å². The summed E-state index contributed by atoms with van der Waals surface area (Å²) in [5, 5.41) is 2.53. The van der Waals surface area contributed by atoms with Crippen LogP contribution in [0.25, 0.3) is 0 Å². The lowest BCUT2D eigenvalue weighted by Crippen LogP contribution is -2.24. The second kappa shape index (κ2) is 4.49. The molecule has 1 aliphatic rings. The first-order chi connectivity index (χ1) is 5.79. The summed E-state index contributed by atoms with van der Waals surface area (Å²) in [6.07, 6.45) is 1.39. The number of rotatable bonds is 5. The van der Waals surface area contributed by atoms with E-state index in [9.17, 15) is 4.79 Å². The Morgan fingerprint density at radius 2 is 2.75 bits per heavy atom. The molecular formula is C7H12N2O2S. The molecule has 0 spiro atoms. The molecule has 1 saturated heterocycles. The average Bonchev–Trinajstić information content (AvgIpc) is 2.80. The molecule has 1 N–H and O–H groups in total. The van der Waals surface area contributed by atoms with Crippen LogP contribution in [0, 0.1) is 0 Å². The van der Waals surface area contributed by atoms with E-state index >= 15 is 0 Å². The van der Waals surface area contributed by atoms with Crippen LogP contribution in [0.15, 0.2) is 12.8 Å². The maximum atomic E-state index is 11.1. The maximum absolute atomic E-state index is 11.1. The van der Waals surface area contributed by atoms with Gasteiger partial charge in [-0.3, -0.25) is 4.79 Å². The van der Waals surface area contributed by atoms with Gasteiger partial charge in [-0.15, -0.1) is 0 Å². The molecule has 4 nitrogen and oxygen atoms in total. The molecule has 1 amide bonds. The van der Waals surface area contributed by atoms with Crippen LogP contribution in [0.2, 0.25) is 0 Å². The molecule has 0 aromatic carbocycles. The van der Waals surface area contributed by atoms with Gasteiger partial charge in [-0.1, -0.05) is 6.58 Å². The molecule has 1 aliphatic heterocycles. The molecule has 68 valence electrons.